The molecule has 1 aromatic heterocycles. The van der Waals surface area contributed by atoms with Crippen molar-refractivity contribution in [1.82, 2.24) is 4.98 Å². The highest BCUT2D eigenvalue weighted by atomic mass is 32.1. The van der Waals surface area contributed by atoms with Crippen molar-refractivity contribution in [2.24, 2.45) is 0 Å². The van der Waals surface area contributed by atoms with Crippen LogP contribution in [0.25, 0.3) is 0 Å². The van der Waals surface area contributed by atoms with Gasteiger partial charge < -0.3 is 5.32 Å². The highest BCUT2D eigenvalue weighted by Gasteiger charge is 2.05. The molecule has 0 fully saturated rings. The zero-order chi connectivity index (χ0) is 12.1. The third-order valence-electron chi connectivity index (χ3n) is 2.13. The van der Waals surface area contributed by atoms with Gasteiger partial charge in [-0.1, -0.05) is 12.1 Å². The van der Waals surface area contributed by atoms with Crippen molar-refractivity contribution >= 4 is 22.4 Å². The summed E-state index contributed by atoms with van der Waals surface area (Å²) in [5.74, 6) is -0.107. The Morgan fingerprint density at radius 2 is 2.18 bits per heavy atom. The molecule has 0 spiro atoms. The molecule has 0 saturated heterocycles. The predicted molar refractivity (Wildman–Crippen MR) is 65.6 cm³/mol. The molecule has 0 radical (unpaired) electrons. The predicted octanol–water partition coefficient (Wildman–Crippen LogP) is 2.20. The van der Waals surface area contributed by atoms with Gasteiger partial charge in [-0.05, 0) is 17.7 Å². The molecule has 2 rings (SSSR count). The highest BCUT2D eigenvalue weighted by molar-refractivity contribution is 7.13. The van der Waals surface area contributed by atoms with Gasteiger partial charge in [0.1, 0.15) is 0 Å². The van der Waals surface area contributed by atoms with E-state index >= 15 is 0 Å². The monoisotopic (exact) mass is 243 g/mol. The Morgan fingerprint density at radius 1 is 1.41 bits per heavy atom. The first kappa shape index (κ1) is 11.3. The van der Waals surface area contributed by atoms with Gasteiger partial charge >= 0.3 is 0 Å². The van der Waals surface area contributed by atoms with Crippen molar-refractivity contribution in [2.45, 2.75) is 6.42 Å². The number of nitrogens with one attached hydrogen (secondary N) is 1. The fourth-order valence-electron chi connectivity index (χ4n) is 1.33. The lowest BCUT2D eigenvalue weighted by atomic mass is 10.1. The second kappa shape index (κ2) is 5.23. The van der Waals surface area contributed by atoms with Crippen LogP contribution in [0.1, 0.15) is 11.1 Å². The minimum absolute atomic E-state index is 0.107. The number of anilines is 1. The van der Waals surface area contributed by atoms with E-state index in [1.54, 1.807) is 35.8 Å². The van der Waals surface area contributed by atoms with Crippen LogP contribution in [0.5, 0.6) is 0 Å². The molecule has 1 N–H and O–H groups in total. The Bertz CT molecular complexity index is 540. The standard InChI is InChI=1S/C12H9N3OS/c13-8-10-3-1-9(2-4-10)7-11(16)15-12-14-5-6-17-12/h1-6H,7H2,(H,14,15,16). The smallest absolute Gasteiger partial charge is 0.230 e. The van der Waals surface area contributed by atoms with E-state index in [1.807, 2.05) is 6.07 Å². The molecular weight excluding hydrogens is 234 g/mol. The second-order valence-electron chi connectivity index (χ2n) is 3.37. The number of carbonyl (C=O) groups excluding carboxylic acids is 1. The summed E-state index contributed by atoms with van der Waals surface area (Å²) in [7, 11) is 0. The van der Waals surface area contributed by atoms with Crippen molar-refractivity contribution in [3.8, 4) is 6.07 Å². The fraction of sp³-hybridized carbons (Fsp3) is 0.0833. The normalized spacial score (nSPS) is 9.59. The molecular formula is C12H9N3OS. The van der Waals surface area contributed by atoms with E-state index in [0.717, 1.165) is 5.56 Å². The number of aromatic nitrogens is 1. The van der Waals surface area contributed by atoms with Crippen LogP contribution in [0.3, 0.4) is 0 Å². The van der Waals surface area contributed by atoms with Crippen LogP contribution in [0.15, 0.2) is 35.8 Å². The van der Waals surface area contributed by atoms with Crippen molar-refractivity contribution in [1.29, 1.82) is 5.26 Å². The molecule has 0 atom stereocenters. The Hall–Kier alpha value is -2.19. The summed E-state index contributed by atoms with van der Waals surface area (Å²) in [5, 5.41) is 13.8. The lowest BCUT2D eigenvalue weighted by molar-refractivity contribution is -0.115. The number of hydrogen-bond donors (Lipinski definition) is 1. The van der Waals surface area contributed by atoms with Crippen molar-refractivity contribution in [2.75, 3.05) is 5.32 Å². The Kier molecular flexibility index (Phi) is 3.48. The zero-order valence-electron chi connectivity index (χ0n) is 8.88. The van der Waals surface area contributed by atoms with Gasteiger partial charge in [-0.2, -0.15) is 5.26 Å². The molecule has 0 saturated carbocycles. The van der Waals surface area contributed by atoms with Gasteiger partial charge in [0.25, 0.3) is 0 Å². The van der Waals surface area contributed by atoms with E-state index in [-0.39, 0.29) is 12.3 Å². The molecule has 1 amide bonds. The summed E-state index contributed by atoms with van der Waals surface area (Å²) in [6.45, 7) is 0. The summed E-state index contributed by atoms with van der Waals surface area (Å²) in [5.41, 5.74) is 1.46. The van der Waals surface area contributed by atoms with Crippen molar-refractivity contribution in [3.63, 3.8) is 0 Å². The highest BCUT2D eigenvalue weighted by Crippen LogP contribution is 2.11. The van der Waals surface area contributed by atoms with E-state index in [1.165, 1.54) is 11.3 Å². The van der Waals surface area contributed by atoms with Gasteiger partial charge in [0.15, 0.2) is 5.13 Å². The van der Waals surface area contributed by atoms with Gasteiger partial charge in [-0.15, -0.1) is 11.3 Å². The van der Waals surface area contributed by atoms with Gasteiger partial charge in [0.2, 0.25) is 5.91 Å². The lowest BCUT2D eigenvalue weighted by Gasteiger charge is -2.01. The molecule has 0 bridgehead atoms. The maximum Gasteiger partial charge on any atom is 0.230 e. The van der Waals surface area contributed by atoms with Crippen LogP contribution >= 0.6 is 11.3 Å². The first-order valence-electron chi connectivity index (χ1n) is 4.96. The minimum Gasteiger partial charge on any atom is -0.302 e. The van der Waals surface area contributed by atoms with Crippen LogP contribution in [-0.4, -0.2) is 10.9 Å². The van der Waals surface area contributed by atoms with E-state index in [4.69, 9.17) is 5.26 Å². The number of nitriles is 1. The topological polar surface area (TPSA) is 65.8 Å². The van der Waals surface area contributed by atoms with Gasteiger partial charge in [-0.25, -0.2) is 4.98 Å². The first-order chi connectivity index (χ1) is 8.28. The van der Waals surface area contributed by atoms with Gasteiger partial charge in [0, 0.05) is 11.6 Å². The van der Waals surface area contributed by atoms with Gasteiger partial charge in [-0.3, -0.25) is 4.79 Å². The third-order valence-corrected chi connectivity index (χ3v) is 2.81. The van der Waals surface area contributed by atoms with Crippen molar-refractivity contribution in [3.05, 3.63) is 47.0 Å². The average Bonchev–Trinajstić information content (AvgIpc) is 2.82. The molecule has 0 aliphatic carbocycles. The quantitative estimate of drug-likeness (QED) is 0.898. The van der Waals surface area contributed by atoms with Crippen LogP contribution in [0, 0.1) is 11.3 Å². The van der Waals surface area contributed by atoms with E-state index in [0.29, 0.717) is 10.7 Å². The second-order valence-corrected chi connectivity index (χ2v) is 4.27. The van der Waals surface area contributed by atoms with Gasteiger partial charge in [0.05, 0.1) is 18.1 Å². The van der Waals surface area contributed by atoms with Crippen LogP contribution in [0.4, 0.5) is 5.13 Å². The summed E-state index contributed by atoms with van der Waals surface area (Å²) in [6, 6.07) is 8.99. The largest absolute Gasteiger partial charge is 0.302 e. The number of hydrogen-bond acceptors (Lipinski definition) is 4. The molecule has 84 valence electrons. The van der Waals surface area contributed by atoms with Crippen LogP contribution in [-0.2, 0) is 11.2 Å². The summed E-state index contributed by atoms with van der Waals surface area (Å²) >= 11 is 1.38. The Morgan fingerprint density at radius 3 is 2.76 bits per heavy atom. The first-order valence-corrected chi connectivity index (χ1v) is 5.84. The maximum absolute atomic E-state index is 11.6. The molecule has 2 aromatic rings. The fourth-order valence-corrected chi connectivity index (χ4v) is 1.88. The average molecular weight is 243 g/mol. The number of nitrogens with zero attached hydrogens (tertiary/aromatic N) is 2. The molecule has 0 unspecified atom stereocenters. The minimum atomic E-state index is -0.107. The Labute approximate surface area is 103 Å². The molecule has 5 heteroatoms. The van der Waals surface area contributed by atoms with Crippen LogP contribution < -0.4 is 5.32 Å². The van der Waals surface area contributed by atoms with Crippen LogP contribution in [0.2, 0.25) is 0 Å². The number of benzene rings is 1. The number of carbonyl (C=O) groups is 1. The van der Waals surface area contributed by atoms with E-state index in [9.17, 15) is 4.79 Å². The molecule has 0 aliphatic heterocycles. The SMILES string of the molecule is N#Cc1ccc(CC(=O)Nc2nccs2)cc1. The molecule has 17 heavy (non-hydrogen) atoms. The number of thiazole rings is 1. The molecule has 1 heterocycles. The number of amides is 1. The molecule has 1 aromatic carbocycles. The summed E-state index contributed by atoms with van der Waals surface area (Å²) in [4.78, 5) is 15.6. The molecule has 0 aliphatic rings. The third kappa shape index (κ3) is 3.13. The van der Waals surface area contributed by atoms with E-state index in [2.05, 4.69) is 10.3 Å². The summed E-state index contributed by atoms with van der Waals surface area (Å²) in [6.07, 6.45) is 1.92. The number of rotatable bonds is 3. The molecule has 4 nitrogen and oxygen atoms in total. The summed E-state index contributed by atoms with van der Waals surface area (Å²) < 4.78 is 0. The van der Waals surface area contributed by atoms with Crippen molar-refractivity contribution < 1.29 is 4.79 Å². The van der Waals surface area contributed by atoms with E-state index < -0.39 is 0 Å². The Balaban J connectivity index is 1.96. The zero-order valence-corrected chi connectivity index (χ0v) is 9.70. The lowest BCUT2D eigenvalue weighted by Crippen LogP contribution is -2.14. The maximum atomic E-state index is 11.6.